The minimum absolute atomic E-state index is 0.175. The third kappa shape index (κ3) is 2.43. The lowest BCUT2D eigenvalue weighted by molar-refractivity contribution is 0.592. The van der Waals surface area contributed by atoms with Crippen LogP contribution in [0.4, 0.5) is 8.78 Å². The maximum Gasteiger partial charge on any atom is 0.146 e. The average Bonchev–Trinajstić information content (AvgIpc) is 2.29. The molecule has 0 aliphatic rings. The van der Waals surface area contributed by atoms with Crippen LogP contribution >= 0.6 is 11.6 Å². The van der Waals surface area contributed by atoms with Gasteiger partial charge in [0.1, 0.15) is 11.6 Å². The minimum atomic E-state index is -0.744. The van der Waals surface area contributed by atoms with E-state index >= 15 is 0 Å². The van der Waals surface area contributed by atoms with E-state index in [0.29, 0.717) is 5.56 Å². The molecule has 0 amide bonds. The monoisotopic (exact) mass is 254 g/mol. The van der Waals surface area contributed by atoms with Gasteiger partial charge in [0.15, 0.2) is 0 Å². The van der Waals surface area contributed by atoms with Crippen molar-refractivity contribution in [1.82, 2.24) is 4.98 Å². The summed E-state index contributed by atoms with van der Waals surface area (Å²) in [6.07, 6.45) is 2.52. The smallest absolute Gasteiger partial charge is 0.146 e. The fourth-order valence-electron chi connectivity index (χ4n) is 1.56. The zero-order valence-electron chi connectivity index (χ0n) is 8.70. The lowest BCUT2D eigenvalue weighted by Crippen LogP contribution is -2.14. The molecule has 5 heteroatoms. The van der Waals surface area contributed by atoms with E-state index in [-0.39, 0.29) is 10.6 Å². The molecule has 1 aromatic heterocycles. The van der Waals surface area contributed by atoms with Crippen molar-refractivity contribution < 1.29 is 8.78 Å². The van der Waals surface area contributed by atoms with Crippen LogP contribution in [0.25, 0.3) is 0 Å². The summed E-state index contributed by atoms with van der Waals surface area (Å²) in [6, 6.07) is 4.56. The zero-order chi connectivity index (χ0) is 12.4. The van der Waals surface area contributed by atoms with Gasteiger partial charge in [-0.2, -0.15) is 0 Å². The highest BCUT2D eigenvalue weighted by Gasteiger charge is 2.16. The summed E-state index contributed by atoms with van der Waals surface area (Å²) in [5, 5.41) is 0.175. The third-order valence-electron chi connectivity index (χ3n) is 2.44. The van der Waals surface area contributed by atoms with E-state index in [4.69, 9.17) is 17.3 Å². The second kappa shape index (κ2) is 4.77. The molecule has 2 aromatic rings. The largest absolute Gasteiger partial charge is 0.320 e. The molecule has 1 atom stereocenters. The van der Waals surface area contributed by atoms with E-state index < -0.39 is 17.7 Å². The Morgan fingerprint density at radius 2 is 1.94 bits per heavy atom. The van der Waals surface area contributed by atoms with Crippen LogP contribution in [0.5, 0.6) is 0 Å². The number of nitrogens with two attached hydrogens (primary N) is 1. The van der Waals surface area contributed by atoms with Gasteiger partial charge < -0.3 is 5.73 Å². The van der Waals surface area contributed by atoms with Gasteiger partial charge in [-0.15, -0.1) is 0 Å². The summed E-state index contributed by atoms with van der Waals surface area (Å²) < 4.78 is 26.4. The molecule has 0 saturated carbocycles. The van der Waals surface area contributed by atoms with Crippen molar-refractivity contribution in [2.45, 2.75) is 6.04 Å². The van der Waals surface area contributed by atoms with Crippen LogP contribution in [0, 0.1) is 11.6 Å². The zero-order valence-corrected chi connectivity index (χ0v) is 9.46. The lowest BCUT2D eigenvalue weighted by atomic mass is 10.0. The predicted octanol–water partition coefficient (Wildman–Crippen LogP) is 3.06. The van der Waals surface area contributed by atoms with Gasteiger partial charge in [0.25, 0.3) is 0 Å². The third-order valence-corrected chi connectivity index (χ3v) is 2.76. The summed E-state index contributed by atoms with van der Waals surface area (Å²) in [6.45, 7) is 0. The highest BCUT2D eigenvalue weighted by atomic mass is 35.5. The summed E-state index contributed by atoms with van der Waals surface area (Å²) in [5.41, 5.74) is 6.64. The second-order valence-corrected chi connectivity index (χ2v) is 3.95. The fourth-order valence-corrected chi connectivity index (χ4v) is 1.84. The van der Waals surface area contributed by atoms with Gasteiger partial charge in [-0.3, -0.25) is 4.98 Å². The first-order valence-electron chi connectivity index (χ1n) is 4.89. The van der Waals surface area contributed by atoms with Crippen LogP contribution in [0.3, 0.4) is 0 Å². The fraction of sp³-hybridized carbons (Fsp3) is 0.0833. The van der Waals surface area contributed by atoms with E-state index in [9.17, 15) is 8.78 Å². The van der Waals surface area contributed by atoms with Crippen molar-refractivity contribution in [3.05, 3.63) is 64.4 Å². The number of benzene rings is 1. The van der Waals surface area contributed by atoms with Gasteiger partial charge in [-0.05, 0) is 23.8 Å². The minimum Gasteiger partial charge on any atom is -0.320 e. The van der Waals surface area contributed by atoms with Crippen molar-refractivity contribution >= 4 is 11.6 Å². The van der Waals surface area contributed by atoms with Crippen LogP contribution < -0.4 is 5.73 Å². The van der Waals surface area contributed by atoms with Gasteiger partial charge in [0, 0.05) is 16.8 Å². The average molecular weight is 255 g/mol. The first-order valence-corrected chi connectivity index (χ1v) is 5.27. The number of nitrogens with zero attached hydrogens (tertiary/aromatic N) is 1. The quantitative estimate of drug-likeness (QED) is 0.895. The van der Waals surface area contributed by atoms with E-state index in [1.807, 2.05) is 0 Å². The van der Waals surface area contributed by atoms with E-state index in [1.165, 1.54) is 24.4 Å². The normalized spacial score (nSPS) is 12.5. The SMILES string of the molecule is NC(c1ccncc1F)c1ccc(F)cc1Cl. The Labute approximate surface area is 102 Å². The number of halogens is 3. The molecule has 88 valence electrons. The Kier molecular flexibility index (Phi) is 3.36. The Hall–Kier alpha value is -1.52. The maximum atomic E-state index is 13.5. The molecule has 2 nitrogen and oxygen atoms in total. The van der Waals surface area contributed by atoms with Gasteiger partial charge in [-0.25, -0.2) is 8.78 Å². The first kappa shape index (κ1) is 12.0. The number of hydrogen-bond acceptors (Lipinski definition) is 2. The van der Waals surface area contributed by atoms with E-state index in [2.05, 4.69) is 4.98 Å². The summed E-state index contributed by atoms with van der Waals surface area (Å²) in [7, 11) is 0. The van der Waals surface area contributed by atoms with E-state index in [1.54, 1.807) is 0 Å². The molecule has 0 aliphatic carbocycles. The van der Waals surface area contributed by atoms with Crippen LogP contribution in [0.1, 0.15) is 17.2 Å². The summed E-state index contributed by atoms with van der Waals surface area (Å²) >= 11 is 5.87. The van der Waals surface area contributed by atoms with Crippen molar-refractivity contribution in [3.63, 3.8) is 0 Å². The van der Waals surface area contributed by atoms with Crippen LogP contribution in [0.2, 0.25) is 5.02 Å². The second-order valence-electron chi connectivity index (χ2n) is 3.54. The van der Waals surface area contributed by atoms with Crippen molar-refractivity contribution in [2.75, 3.05) is 0 Å². The Morgan fingerprint density at radius 3 is 2.59 bits per heavy atom. The molecule has 0 radical (unpaired) electrons. The molecule has 2 N–H and O–H groups in total. The number of aromatic nitrogens is 1. The van der Waals surface area contributed by atoms with Crippen LogP contribution in [-0.2, 0) is 0 Å². The van der Waals surface area contributed by atoms with Crippen LogP contribution in [-0.4, -0.2) is 4.98 Å². The van der Waals surface area contributed by atoms with Crippen molar-refractivity contribution in [2.24, 2.45) is 5.73 Å². The maximum absolute atomic E-state index is 13.5. The number of hydrogen-bond donors (Lipinski definition) is 1. The van der Waals surface area contributed by atoms with Crippen LogP contribution in [0.15, 0.2) is 36.7 Å². The van der Waals surface area contributed by atoms with Gasteiger partial charge >= 0.3 is 0 Å². The molecule has 0 saturated heterocycles. The molecule has 1 aromatic carbocycles. The molecule has 0 fully saturated rings. The van der Waals surface area contributed by atoms with E-state index in [0.717, 1.165) is 12.3 Å². The summed E-state index contributed by atoms with van der Waals surface area (Å²) in [5.74, 6) is -0.971. The van der Waals surface area contributed by atoms with Crippen molar-refractivity contribution in [1.29, 1.82) is 0 Å². The van der Waals surface area contributed by atoms with Gasteiger partial charge in [0.05, 0.1) is 12.2 Å². The standard InChI is InChI=1S/C12H9ClF2N2/c13-10-5-7(14)1-2-8(10)12(16)9-3-4-17-6-11(9)15/h1-6,12H,16H2. The predicted molar refractivity (Wildman–Crippen MR) is 61.6 cm³/mol. The Balaban J connectivity index is 2.44. The molecule has 1 heterocycles. The topological polar surface area (TPSA) is 38.9 Å². The summed E-state index contributed by atoms with van der Waals surface area (Å²) in [4.78, 5) is 3.63. The van der Waals surface area contributed by atoms with Gasteiger partial charge in [-0.1, -0.05) is 17.7 Å². The highest BCUT2D eigenvalue weighted by molar-refractivity contribution is 6.31. The highest BCUT2D eigenvalue weighted by Crippen LogP contribution is 2.28. The Morgan fingerprint density at radius 1 is 1.18 bits per heavy atom. The molecular weight excluding hydrogens is 246 g/mol. The molecule has 17 heavy (non-hydrogen) atoms. The molecule has 0 bridgehead atoms. The number of pyridine rings is 1. The first-order chi connectivity index (χ1) is 8.09. The molecule has 0 spiro atoms. The van der Waals surface area contributed by atoms with Crippen molar-refractivity contribution in [3.8, 4) is 0 Å². The molecule has 2 rings (SSSR count). The number of rotatable bonds is 2. The Bertz CT molecular complexity index is 546. The molecule has 1 unspecified atom stereocenters. The molecular formula is C12H9ClF2N2. The lowest BCUT2D eigenvalue weighted by Gasteiger charge is -2.14. The molecule has 0 aliphatic heterocycles. The van der Waals surface area contributed by atoms with Gasteiger partial charge in [0.2, 0.25) is 0 Å².